The molecule has 2 rings (SSSR count). The minimum Gasteiger partial charge on any atom is -0.497 e. The van der Waals surface area contributed by atoms with Gasteiger partial charge in [-0.15, -0.1) is 23.7 Å². The van der Waals surface area contributed by atoms with Crippen molar-refractivity contribution in [2.45, 2.75) is 12.8 Å². The molecule has 0 atom stereocenters. The molecule has 0 fully saturated rings. The van der Waals surface area contributed by atoms with Crippen LogP contribution < -0.4 is 20.1 Å². The molecule has 6 nitrogen and oxygen atoms in total. The third kappa shape index (κ3) is 5.36. The molecule has 2 aromatic rings. The molecule has 0 aliphatic carbocycles. The summed E-state index contributed by atoms with van der Waals surface area (Å²) in [5.74, 6) is 1.41. The number of nitrogens with one attached hydrogen (secondary N) is 2. The third-order valence-electron chi connectivity index (χ3n) is 3.26. The van der Waals surface area contributed by atoms with Gasteiger partial charge in [0.2, 0.25) is 5.91 Å². The minimum absolute atomic E-state index is 0. The Morgan fingerprint density at radius 2 is 2.08 bits per heavy atom. The Labute approximate surface area is 152 Å². The summed E-state index contributed by atoms with van der Waals surface area (Å²) in [6, 6.07) is 5.54. The molecule has 8 heteroatoms. The zero-order valence-corrected chi connectivity index (χ0v) is 15.6. The Morgan fingerprint density at radius 1 is 1.29 bits per heavy atom. The number of anilines is 1. The number of benzene rings is 1. The van der Waals surface area contributed by atoms with Crippen LogP contribution in [0.3, 0.4) is 0 Å². The van der Waals surface area contributed by atoms with Crippen LogP contribution in [0.2, 0.25) is 0 Å². The molecule has 0 bridgehead atoms. The topological polar surface area (TPSA) is 72.5 Å². The van der Waals surface area contributed by atoms with Gasteiger partial charge in [-0.2, -0.15) is 0 Å². The van der Waals surface area contributed by atoms with Crippen molar-refractivity contribution < 1.29 is 14.3 Å². The maximum Gasteiger partial charge on any atom is 0.226 e. The maximum absolute atomic E-state index is 11.8. The third-order valence-corrected chi connectivity index (χ3v) is 4.02. The highest BCUT2D eigenvalue weighted by Crippen LogP contribution is 2.34. The van der Waals surface area contributed by atoms with Gasteiger partial charge in [0.1, 0.15) is 11.5 Å². The molecule has 0 spiro atoms. The van der Waals surface area contributed by atoms with Gasteiger partial charge >= 0.3 is 0 Å². The molecule has 1 aromatic heterocycles. The van der Waals surface area contributed by atoms with Gasteiger partial charge in [-0.3, -0.25) is 4.79 Å². The summed E-state index contributed by atoms with van der Waals surface area (Å²) in [6.45, 7) is 0.817. The van der Waals surface area contributed by atoms with Crippen LogP contribution in [0.1, 0.15) is 12.8 Å². The van der Waals surface area contributed by atoms with Gasteiger partial charge in [0.25, 0.3) is 0 Å². The van der Waals surface area contributed by atoms with E-state index in [2.05, 4.69) is 15.6 Å². The van der Waals surface area contributed by atoms with E-state index >= 15 is 0 Å². The van der Waals surface area contributed by atoms with Crippen LogP contribution in [0.25, 0.3) is 11.3 Å². The number of hydrogen-bond acceptors (Lipinski definition) is 6. The number of methoxy groups -OCH3 is 2. The van der Waals surface area contributed by atoms with Crippen LogP contribution in [-0.4, -0.2) is 38.7 Å². The van der Waals surface area contributed by atoms with Crippen molar-refractivity contribution in [1.29, 1.82) is 0 Å². The second-order valence-corrected chi connectivity index (χ2v) is 5.72. The monoisotopic (exact) mass is 371 g/mol. The average molecular weight is 372 g/mol. The molecule has 2 N–H and O–H groups in total. The summed E-state index contributed by atoms with van der Waals surface area (Å²) >= 11 is 1.39. The molecule has 0 aliphatic heterocycles. The number of carbonyl (C=O) groups is 1. The molecule has 24 heavy (non-hydrogen) atoms. The molecule has 1 aromatic carbocycles. The minimum atomic E-state index is -0.0289. The van der Waals surface area contributed by atoms with Crippen molar-refractivity contribution in [3.63, 3.8) is 0 Å². The summed E-state index contributed by atoms with van der Waals surface area (Å²) in [5, 5.41) is 8.32. The fourth-order valence-corrected chi connectivity index (χ4v) is 2.80. The Bertz CT molecular complexity index is 664. The van der Waals surface area contributed by atoms with Crippen molar-refractivity contribution >= 4 is 34.8 Å². The number of amides is 1. The van der Waals surface area contributed by atoms with Gasteiger partial charge in [-0.25, -0.2) is 4.98 Å². The van der Waals surface area contributed by atoms with E-state index in [-0.39, 0.29) is 18.3 Å². The summed E-state index contributed by atoms with van der Waals surface area (Å²) in [5.41, 5.74) is 1.58. The summed E-state index contributed by atoms with van der Waals surface area (Å²) < 4.78 is 10.6. The van der Waals surface area contributed by atoms with Crippen molar-refractivity contribution in [2.75, 3.05) is 33.1 Å². The lowest BCUT2D eigenvalue weighted by atomic mass is 10.1. The molecule has 1 amide bonds. The van der Waals surface area contributed by atoms with Crippen LogP contribution in [0.5, 0.6) is 11.5 Å². The second-order valence-electron chi connectivity index (χ2n) is 4.86. The smallest absolute Gasteiger partial charge is 0.226 e. The molecular formula is C16H22ClN3O3S. The number of thiazole rings is 1. The van der Waals surface area contributed by atoms with Gasteiger partial charge in [0, 0.05) is 17.4 Å². The molecule has 0 saturated heterocycles. The molecule has 1 heterocycles. The first-order valence-electron chi connectivity index (χ1n) is 7.30. The van der Waals surface area contributed by atoms with Crippen LogP contribution in [0.15, 0.2) is 23.6 Å². The van der Waals surface area contributed by atoms with Crippen molar-refractivity contribution in [3.05, 3.63) is 23.6 Å². The number of ether oxygens (including phenoxy) is 2. The van der Waals surface area contributed by atoms with Gasteiger partial charge in [0.15, 0.2) is 5.13 Å². The highest BCUT2D eigenvalue weighted by atomic mass is 35.5. The Kier molecular flexibility index (Phi) is 8.53. The van der Waals surface area contributed by atoms with E-state index in [0.717, 1.165) is 30.0 Å². The fourth-order valence-electron chi connectivity index (χ4n) is 2.08. The van der Waals surface area contributed by atoms with Crippen molar-refractivity contribution in [2.24, 2.45) is 0 Å². The molecule has 0 saturated carbocycles. The fraction of sp³-hybridized carbons (Fsp3) is 0.375. The predicted octanol–water partition coefficient (Wildman–Crippen LogP) is 3.19. The Hall–Kier alpha value is -1.83. The maximum atomic E-state index is 11.8. The molecule has 0 radical (unpaired) electrons. The lowest BCUT2D eigenvalue weighted by Gasteiger charge is -2.08. The van der Waals surface area contributed by atoms with Crippen LogP contribution in [0.4, 0.5) is 5.13 Å². The van der Waals surface area contributed by atoms with Gasteiger partial charge in [0.05, 0.1) is 19.9 Å². The average Bonchev–Trinajstić information content (AvgIpc) is 3.02. The summed E-state index contributed by atoms with van der Waals surface area (Å²) in [4.78, 5) is 16.3. The van der Waals surface area contributed by atoms with E-state index in [4.69, 9.17) is 9.47 Å². The first-order chi connectivity index (χ1) is 11.2. The highest BCUT2D eigenvalue weighted by molar-refractivity contribution is 7.14. The first kappa shape index (κ1) is 20.2. The summed E-state index contributed by atoms with van der Waals surface area (Å²) in [6.07, 6.45) is 1.27. The number of hydrogen-bond donors (Lipinski definition) is 2. The lowest BCUT2D eigenvalue weighted by Crippen LogP contribution is -2.15. The quantitative estimate of drug-likeness (QED) is 0.697. The van der Waals surface area contributed by atoms with Crippen LogP contribution >= 0.6 is 23.7 Å². The van der Waals surface area contributed by atoms with E-state index in [1.165, 1.54) is 11.3 Å². The zero-order valence-electron chi connectivity index (χ0n) is 13.9. The molecule has 132 valence electrons. The molecule has 0 aliphatic rings. The molecular weight excluding hydrogens is 350 g/mol. The van der Waals surface area contributed by atoms with Crippen LogP contribution in [0, 0.1) is 0 Å². The normalized spacial score (nSPS) is 9.96. The van der Waals surface area contributed by atoms with E-state index in [0.29, 0.717) is 17.3 Å². The standard InChI is InChI=1S/C16H21N3O3S.ClH/c1-17-8-4-5-15(20)19-16-18-13(10-23-16)12-9-11(21-2)6-7-14(12)22-3;/h6-7,9-10,17H,4-5,8H2,1-3H3,(H,18,19,20);1H. The van der Waals surface area contributed by atoms with Gasteiger partial charge in [-0.1, -0.05) is 0 Å². The first-order valence-corrected chi connectivity index (χ1v) is 8.18. The Balaban J connectivity index is 0.00000288. The number of aromatic nitrogens is 1. The van der Waals surface area contributed by atoms with Crippen LogP contribution in [-0.2, 0) is 4.79 Å². The van der Waals surface area contributed by atoms with Gasteiger partial charge in [-0.05, 0) is 38.2 Å². The number of halogens is 1. The summed E-state index contributed by atoms with van der Waals surface area (Å²) in [7, 11) is 5.10. The molecule has 0 unspecified atom stereocenters. The van der Waals surface area contributed by atoms with Crippen molar-refractivity contribution in [3.8, 4) is 22.8 Å². The second kappa shape index (κ2) is 10.1. The SMILES string of the molecule is CNCCCC(=O)Nc1nc(-c2cc(OC)ccc2OC)cs1.Cl. The number of nitrogens with zero attached hydrogens (tertiary/aromatic N) is 1. The van der Waals surface area contributed by atoms with Crippen molar-refractivity contribution in [1.82, 2.24) is 10.3 Å². The number of carbonyl (C=O) groups excluding carboxylic acids is 1. The predicted molar refractivity (Wildman–Crippen MR) is 99.7 cm³/mol. The van der Waals surface area contributed by atoms with E-state index in [1.807, 2.05) is 30.6 Å². The van der Waals surface area contributed by atoms with Gasteiger partial charge < -0.3 is 20.1 Å². The lowest BCUT2D eigenvalue weighted by molar-refractivity contribution is -0.116. The number of rotatable bonds is 8. The largest absolute Gasteiger partial charge is 0.497 e. The highest BCUT2D eigenvalue weighted by Gasteiger charge is 2.12. The van der Waals surface area contributed by atoms with E-state index in [1.54, 1.807) is 14.2 Å². The van der Waals surface area contributed by atoms with E-state index in [9.17, 15) is 4.79 Å². The Morgan fingerprint density at radius 3 is 2.75 bits per heavy atom. The zero-order chi connectivity index (χ0) is 16.7. The van der Waals surface area contributed by atoms with E-state index < -0.39 is 0 Å².